The molecule has 134 valence electrons. The number of nitrogens with one attached hydrogen (secondary N) is 1. The van der Waals surface area contributed by atoms with Crippen LogP contribution in [0.4, 0.5) is 0 Å². The first kappa shape index (κ1) is 16.6. The number of nitrogens with zero attached hydrogens (tertiary/aromatic N) is 2. The molecule has 1 saturated carbocycles. The van der Waals surface area contributed by atoms with Gasteiger partial charge in [-0.25, -0.2) is 4.98 Å². The maximum atomic E-state index is 12.2. The van der Waals surface area contributed by atoms with E-state index in [1.807, 2.05) is 30.3 Å². The molecule has 26 heavy (non-hydrogen) atoms. The molecule has 6 nitrogen and oxygen atoms in total. The molecule has 0 unspecified atom stereocenters. The van der Waals surface area contributed by atoms with Crippen LogP contribution in [0.2, 0.25) is 0 Å². The molecule has 0 aliphatic heterocycles. The van der Waals surface area contributed by atoms with Gasteiger partial charge >= 0.3 is 0 Å². The van der Waals surface area contributed by atoms with Crippen molar-refractivity contribution in [1.29, 1.82) is 0 Å². The number of fused-ring (bicyclic) bond motifs is 1. The van der Waals surface area contributed by atoms with Crippen LogP contribution >= 0.6 is 0 Å². The van der Waals surface area contributed by atoms with E-state index >= 15 is 0 Å². The highest BCUT2D eigenvalue weighted by Crippen LogP contribution is 2.26. The third-order valence-corrected chi connectivity index (χ3v) is 4.74. The fourth-order valence-corrected chi connectivity index (χ4v) is 3.37. The second kappa shape index (κ2) is 7.15. The van der Waals surface area contributed by atoms with Crippen LogP contribution in [0, 0.1) is 6.92 Å². The van der Waals surface area contributed by atoms with E-state index < -0.39 is 0 Å². The lowest BCUT2D eigenvalue weighted by Gasteiger charge is -2.29. The highest BCUT2D eigenvalue weighted by Gasteiger charge is 2.24. The summed E-state index contributed by atoms with van der Waals surface area (Å²) in [5.41, 5.74) is 1.31. The maximum absolute atomic E-state index is 12.2. The summed E-state index contributed by atoms with van der Waals surface area (Å²) in [6.07, 6.45) is 6.96. The predicted molar refractivity (Wildman–Crippen MR) is 97.1 cm³/mol. The summed E-state index contributed by atoms with van der Waals surface area (Å²) >= 11 is 0. The van der Waals surface area contributed by atoms with E-state index in [0.717, 1.165) is 42.3 Å². The normalized spacial score (nSPS) is 20.0. The van der Waals surface area contributed by atoms with Crippen LogP contribution < -0.4 is 10.1 Å². The zero-order valence-corrected chi connectivity index (χ0v) is 14.6. The lowest BCUT2D eigenvalue weighted by molar-refractivity contribution is 0.0889. The predicted octanol–water partition coefficient (Wildman–Crippen LogP) is 3.65. The average Bonchev–Trinajstić information content (AvgIpc) is 3.10. The first-order valence-corrected chi connectivity index (χ1v) is 8.92. The number of pyridine rings is 1. The molecule has 0 radical (unpaired) electrons. The number of carbonyl (C=O) groups excluding carboxylic acids is 1. The molecule has 1 aliphatic carbocycles. The van der Waals surface area contributed by atoms with Crippen LogP contribution in [-0.2, 0) is 0 Å². The van der Waals surface area contributed by atoms with Crippen LogP contribution in [0.15, 0.2) is 47.2 Å². The molecule has 3 aromatic rings. The van der Waals surface area contributed by atoms with Crippen molar-refractivity contribution in [2.24, 2.45) is 0 Å². The minimum Gasteiger partial charge on any atom is -0.490 e. The molecule has 2 aromatic heterocycles. The Morgan fingerprint density at radius 2 is 2.08 bits per heavy atom. The number of aromatic nitrogens is 2. The zero-order chi connectivity index (χ0) is 17.9. The molecule has 0 saturated heterocycles. The summed E-state index contributed by atoms with van der Waals surface area (Å²) in [6, 6.07) is 10.1. The Hall–Kier alpha value is -2.89. The highest BCUT2D eigenvalue weighted by molar-refractivity contribution is 5.92. The van der Waals surface area contributed by atoms with Crippen molar-refractivity contribution in [3.63, 3.8) is 0 Å². The number of carbonyl (C=O) groups is 1. The van der Waals surface area contributed by atoms with Crippen molar-refractivity contribution in [2.45, 2.75) is 44.8 Å². The van der Waals surface area contributed by atoms with Gasteiger partial charge in [-0.2, -0.15) is 0 Å². The highest BCUT2D eigenvalue weighted by atomic mass is 16.5. The summed E-state index contributed by atoms with van der Waals surface area (Å²) in [6.45, 7) is 1.72. The van der Waals surface area contributed by atoms with Crippen molar-refractivity contribution < 1.29 is 13.9 Å². The quantitative estimate of drug-likeness (QED) is 0.776. The first-order chi connectivity index (χ1) is 12.7. The lowest BCUT2D eigenvalue weighted by Crippen LogP contribution is -2.39. The van der Waals surface area contributed by atoms with Gasteiger partial charge in [0.15, 0.2) is 11.6 Å². The third kappa shape index (κ3) is 3.69. The minimum absolute atomic E-state index is 0.153. The van der Waals surface area contributed by atoms with Gasteiger partial charge in [0.05, 0.1) is 11.6 Å². The molecule has 1 aliphatic rings. The third-order valence-electron chi connectivity index (χ3n) is 4.74. The van der Waals surface area contributed by atoms with Gasteiger partial charge < -0.3 is 14.5 Å². The Bertz CT molecular complexity index is 913. The molecule has 1 aromatic carbocycles. The monoisotopic (exact) mass is 351 g/mol. The number of oxazole rings is 1. The number of amides is 1. The molecule has 2 heterocycles. The topological polar surface area (TPSA) is 77.2 Å². The van der Waals surface area contributed by atoms with Crippen molar-refractivity contribution in [2.75, 3.05) is 0 Å². The Labute approximate surface area is 151 Å². The van der Waals surface area contributed by atoms with E-state index in [2.05, 4.69) is 15.3 Å². The number of rotatable bonds is 4. The summed E-state index contributed by atoms with van der Waals surface area (Å²) < 4.78 is 11.2. The lowest BCUT2D eigenvalue weighted by atomic mass is 9.93. The Kier molecular flexibility index (Phi) is 4.56. The van der Waals surface area contributed by atoms with Crippen molar-refractivity contribution >= 4 is 16.8 Å². The second-order valence-electron chi connectivity index (χ2n) is 6.67. The van der Waals surface area contributed by atoms with Crippen LogP contribution in [-0.4, -0.2) is 28.0 Å². The van der Waals surface area contributed by atoms with Gasteiger partial charge in [0, 0.05) is 24.5 Å². The molecule has 1 amide bonds. The number of ether oxygens (including phenoxy) is 1. The smallest absolute Gasteiger partial charge is 0.273 e. The molecule has 4 rings (SSSR count). The zero-order valence-electron chi connectivity index (χ0n) is 14.6. The fourth-order valence-electron chi connectivity index (χ4n) is 3.37. The van der Waals surface area contributed by atoms with Crippen molar-refractivity contribution in [1.82, 2.24) is 15.3 Å². The van der Waals surface area contributed by atoms with E-state index in [9.17, 15) is 4.79 Å². The van der Waals surface area contributed by atoms with Crippen LogP contribution in [0.5, 0.6) is 5.75 Å². The maximum Gasteiger partial charge on any atom is 0.273 e. The van der Waals surface area contributed by atoms with E-state index in [1.165, 1.54) is 6.26 Å². The van der Waals surface area contributed by atoms with Gasteiger partial charge in [-0.3, -0.25) is 9.78 Å². The summed E-state index contributed by atoms with van der Waals surface area (Å²) in [5.74, 6) is 1.20. The molecule has 1 fully saturated rings. The minimum atomic E-state index is -0.173. The standard InChI is InChI=1S/C20H21N3O3/c1-13-22-19(12-25-13)20(24)23-15-4-6-16(7-5-15)26-17-8-9-18-14(11-17)3-2-10-21-18/h2-3,8-12,15-16H,4-7H2,1H3,(H,23,24). The number of hydrogen-bond donors (Lipinski definition) is 1. The largest absolute Gasteiger partial charge is 0.490 e. The average molecular weight is 351 g/mol. The van der Waals surface area contributed by atoms with E-state index in [4.69, 9.17) is 9.15 Å². The van der Waals surface area contributed by atoms with E-state index in [0.29, 0.717) is 11.6 Å². The Balaban J connectivity index is 1.31. The molecule has 0 bridgehead atoms. The Morgan fingerprint density at radius 3 is 2.85 bits per heavy atom. The van der Waals surface area contributed by atoms with Crippen LogP contribution in [0.1, 0.15) is 42.1 Å². The molecule has 1 N–H and O–H groups in total. The van der Waals surface area contributed by atoms with Gasteiger partial charge in [-0.05, 0) is 49.9 Å². The van der Waals surface area contributed by atoms with Gasteiger partial charge in [0.25, 0.3) is 5.91 Å². The summed E-state index contributed by atoms with van der Waals surface area (Å²) in [4.78, 5) is 20.5. The van der Waals surface area contributed by atoms with Gasteiger partial charge in [-0.1, -0.05) is 6.07 Å². The van der Waals surface area contributed by atoms with E-state index in [1.54, 1.807) is 13.1 Å². The van der Waals surface area contributed by atoms with Gasteiger partial charge in [0.1, 0.15) is 12.0 Å². The molecular weight excluding hydrogens is 330 g/mol. The summed E-state index contributed by atoms with van der Waals surface area (Å²) in [7, 11) is 0. The fraction of sp³-hybridized carbons (Fsp3) is 0.350. The van der Waals surface area contributed by atoms with Gasteiger partial charge in [-0.15, -0.1) is 0 Å². The number of benzene rings is 1. The van der Waals surface area contributed by atoms with Gasteiger partial charge in [0.2, 0.25) is 0 Å². The number of hydrogen-bond acceptors (Lipinski definition) is 5. The van der Waals surface area contributed by atoms with E-state index in [-0.39, 0.29) is 18.1 Å². The molecule has 0 atom stereocenters. The van der Waals surface area contributed by atoms with Crippen LogP contribution in [0.25, 0.3) is 10.9 Å². The molecule has 0 spiro atoms. The second-order valence-corrected chi connectivity index (χ2v) is 6.67. The SMILES string of the molecule is Cc1nc(C(=O)NC2CCC(Oc3ccc4ncccc4c3)CC2)co1. The van der Waals surface area contributed by atoms with Crippen LogP contribution in [0.3, 0.4) is 0 Å². The first-order valence-electron chi connectivity index (χ1n) is 8.92. The summed E-state index contributed by atoms with van der Waals surface area (Å²) in [5, 5.41) is 4.11. The van der Waals surface area contributed by atoms with Crippen molar-refractivity contribution in [3.8, 4) is 5.75 Å². The van der Waals surface area contributed by atoms with Crippen molar-refractivity contribution in [3.05, 3.63) is 54.4 Å². The molecule has 6 heteroatoms. The number of aryl methyl sites for hydroxylation is 1. The molecular formula is C20H21N3O3. The Morgan fingerprint density at radius 1 is 1.23 bits per heavy atom.